The van der Waals surface area contributed by atoms with Gasteiger partial charge in [-0.2, -0.15) is 0 Å². The first kappa shape index (κ1) is 9.48. The second-order valence-electron chi connectivity index (χ2n) is 3.56. The molecule has 0 spiro atoms. The van der Waals surface area contributed by atoms with Crippen molar-refractivity contribution >= 4 is 5.97 Å². The van der Waals surface area contributed by atoms with Gasteiger partial charge in [-0.1, -0.05) is 0 Å². The molecule has 0 aliphatic carbocycles. The van der Waals surface area contributed by atoms with Crippen LogP contribution in [0.1, 0.15) is 13.8 Å². The fraction of sp³-hybridized carbons (Fsp3) is 0.875. The lowest BCUT2D eigenvalue weighted by Gasteiger charge is -2.27. The summed E-state index contributed by atoms with van der Waals surface area (Å²) in [5.74, 6) is -0.214. The lowest BCUT2D eigenvalue weighted by atomic mass is 10.1. The highest BCUT2D eigenvalue weighted by Crippen LogP contribution is 2.20. The Labute approximate surface area is 72.4 Å². The number of carbonyl (C=O) groups is 1. The third-order valence-electron chi connectivity index (χ3n) is 2.11. The van der Waals surface area contributed by atoms with Crippen molar-refractivity contribution in [2.75, 3.05) is 27.0 Å². The van der Waals surface area contributed by atoms with Gasteiger partial charge in [0, 0.05) is 5.54 Å². The minimum absolute atomic E-state index is 0.0474. The number of esters is 1. The molecule has 4 heteroatoms. The Morgan fingerprint density at radius 3 is 2.75 bits per heavy atom. The molecule has 1 aliphatic heterocycles. The van der Waals surface area contributed by atoms with E-state index in [1.807, 2.05) is 18.7 Å². The number of methoxy groups -OCH3 is 1. The summed E-state index contributed by atoms with van der Waals surface area (Å²) in [5.41, 5.74) is -0.0474. The smallest absolute Gasteiger partial charge is 0.319 e. The molecule has 0 aromatic heterocycles. The third kappa shape index (κ3) is 1.95. The highest BCUT2D eigenvalue weighted by molar-refractivity contribution is 5.71. The standard InChI is InChI=1S/C8H15NO3/c1-8(2)5-12-6-9(8)4-7(10)11-3/h4-6H2,1-3H3. The maximum Gasteiger partial charge on any atom is 0.319 e. The van der Waals surface area contributed by atoms with Crippen molar-refractivity contribution in [3.05, 3.63) is 0 Å². The van der Waals surface area contributed by atoms with E-state index in [0.29, 0.717) is 19.9 Å². The molecule has 0 bridgehead atoms. The van der Waals surface area contributed by atoms with E-state index >= 15 is 0 Å². The van der Waals surface area contributed by atoms with Crippen LogP contribution < -0.4 is 0 Å². The Bertz CT molecular complexity index is 179. The molecule has 0 unspecified atom stereocenters. The van der Waals surface area contributed by atoms with Crippen LogP contribution in [0.2, 0.25) is 0 Å². The lowest BCUT2D eigenvalue weighted by molar-refractivity contribution is -0.143. The van der Waals surface area contributed by atoms with E-state index in [4.69, 9.17) is 4.74 Å². The molecule has 1 rings (SSSR count). The molecule has 0 atom stereocenters. The molecular formula is C8H15NO3. The summed E-state index contributed by atoms with van der Waals surface area (Å²) in [6.07, 6.45) is 0. The normalized spacial score (nSPS) is 22.6. The van der Waals surface area contributed by atoms with E-state index in [9.17, 15) is 4.79 Å². The molecular weight excluding hydrogens is 158 g/mol. The van der Waals surface area contributed by atoms with Crippen LogP contribution in [-0.2, 0) is 14.3 Å². The van der Waals surface area contributed by atoms with Crippen LogP contribution >= 0.6 is 0 Å². The van der Waals surface area contributed by atoms with Gasteiger partial charge in [0.25, 0.3) is 0 Å². The SMILES string of the molecule is COC(=O)CN1COCC1(C)C. The molecule has 0 saturated carbocycles. The maximum absolute atomic E-state index is 10.9. The molecule has 1 aliphatic rings. The molecule has 12 heavy (non-hydrogen) atoms. The quantitative estimate of drug-likeness (QED) is 0.560. The van der Waals surface area contributed by atoms with Crippen LogP contribution in [-0.4, -0.2) is 43.4 Å². The predicted octanol–water partition coefficient (Wildman–Crippen LogP) is 0.228. The molecule has 1 saturated heterocycles. The molecule has 0 aromatic rings. The number of rotatable bonds is 2. The van der Waals surface area contributed by atoms with Crippen LogP contribution in [0.4, 0.5) is 0 Å². The first-order valence-electron chi connectivity index (χ1n) is 3.96. The summed E-state index contributed by atoms with van der Waals surface area (Å²) in [5, 5.41) is 0. The Hall–Kier alpha value is -0.610. The predicted molar refractivity (Wildman–Crippen MR) is 43.6 cm³/mol. The van der Waals surface area contributed by atoms with Gasteiger partial charge in [-0.3, -0.25) is 9.69 Å². The molecule has 0 amide bonds. The largest absolute Gasteiger partial charge is 0.468 e. The van der Waals surface area contributed by atoms with Gasteiger partial charge in [0.15, 0.2) is 0 Å². The van der Waals surface area contributed by atoms with Crippen LogP contribution in [0.3, 0.4) is 0 Å². The van der Waals surface area contributed by atoms with Gasteiger partial charge in [-0.05, 0) is 13.8 Å². The number of hydrogen-bond acceptors (Lipinski definition) is 4. The van der Waals surface area contributed by atoms with Crippen molar-refractivity contribution in [3.8, 4) is 0 Å². The van der Waals surface area contributed by atoms with Crippen molar-refractivity contribution in [3.63, 3.8) is 0 Å². The Morgan fingerprint density at radius 2 is 2.33 bits per heavy atom. The number of ether oxygens (including phenoxy) is 2. The molecule has 0 radical (unpaired) electrons. The summed E-state index contributed by atoms with van der Waals surface area (Å²) in [6.45, 7) is 5.58. The Kier molecular flexibility index (Phi) is 2.69. The number of carbonyl (C=O) groups excluding carboxylic acids is 1. The molecule has 1 fully saturated rings. The first-order chi connectivity index (χ1) is 5.56. The Balaban J connectivity index is 2.47. The molecule has 0 N–H and O–H groups in total. The van der Waals surface area contributed by atoms with Crippen LogP contribution in [0.5, 0.6) is 0 Å². The van der Waals surface area contributed by atoms with Crippen LogP contribution in [0.25, 0.3) is 0 Å². The summed E-state index contributed by atoms with van der Waals surface area (Å²) in [7, 11) is 1.40. The minimum atomic E-state index is -0.214. The fourth-order valence-electron chi connectivity index (χ4n) is 1.15. The Morgan fingerprint density at radius 1 is 1.67 bits per heavy atom. The van der Waals surface area contributed by atoms with Gasteiger partial charge < -0.3 is 9.47 Å². The second kappa shape index (κ2) is 3.41. The summed E-state index contributed by atoms with van der Waals surface area (Å²) < 4.78 is 9.81. The van der Waals surface area contributed by atoms with Crippen molar-refractivity contribution in [2.45, 2.75) is 19.4 Å². The van der Waals surface area contributed by atoms with E-state index in [2.05, 4.69) is 4.74 Å². The van der Waals surface area contributed by atoms with Crippen LogP contribution in [0.15, 0.2) is 0 Å². The van der Waals surface area contributed by atoms with Crippen molar-refractivity contribution in [1.82, 2.24) is 4.90 Å². The molecule has 1 heterocycles. The van der Waals surface area contributed by atoms with E-state index in [0.717, 1.165) is 0 Å². The average Bonchev–Trinajstić information content (AvgIpc) is 2.31. The van der Waals surface area contributed by atoms with Crippen molar-refractivity contribution < 1.29 is 14.3 Å². The van der Waals surface area contributed by atoms with E-state index in [-0.39, 0.29) is 11.5 Å². The van der Waals surface area contributed by atoms with Crippen molar-refractivity contribution in [1.29, 1.82) is 0 Å². The lowest BCUT2D eigenvalue weighted by Crippen LogP contribution is -2.43. The maximum atomic E-state index is 10.9. The number of hydrogen-bond donors (Lipinski definition) is 0. The summed E-state index contributed by atoms with van der Waals surface area (Å²) in [4.78, 5) is 12.9. The molecule has 4 nitrogen and oxygen atoms in total. The summed E-state index contributed by atoms with van der Waals surface area (Å²) in [6, 6.07) is 0. The zero-order valence-electron chi connectivity index (χ0n) is 7.79. The zero-order chi connectivity index (χ0) is 9.19. The van der Waals surface area contributed by atoms with Gasteiger partial charge in [0.05, 0.1) is 20.3 Å². The van der Waals surface area contributed by atoms with Gasteiger partial charge in [-0.15, -0.1) is 0 Å². The van der Waals surface area contributed by atoms with Crippen LogP contribution in [0, 0.1) is 0 Å². The van der Waals surface area contributed by atoms with Crippen molar-refractivity contribution in [2.24, 2.45) is 0 Å². The van der Waals surface area contributed by atoms with Gasteiger partial charge in [0.1, 0.15) is 6.73 Å². The first-order valence-corrected chi connectivity index (χ1v) is 3.96. The monoisotopic (exact) mass is 173 g/mol. The van der Waals surface area contributed by atoms with Gasteiger partial charge in [0.2, 0.25) is 0 Å². The fourth-order valence-corrected chi connectivity index (χ4v) is 1.15. The average molecular weight is 173 g/mol. The van der Waals surface area contributed by atoms with E-state index < -0.39 is 0 Å². The zero-order valence-corrected chi connectivity index (χ0v) is 7.79. The van der Waals surface area contributed by atoms with E-state index in [1.165, 1.54) is 7.11 Å². The third-order valence-corrected chi connectivity index (χ3v) is 2.11. The van der Waals surface area contributed by atoms with Gasteiger partial charge in [-0.25, -0.2) is 0 Å². The second-order valence-corrected chi connectivity index (χ2v) is 3.56. The molecule has 0 aromatic carbocycles. The molecule has 70 valence electrons. The number of nitrogens with zero attached hydrogens (tertiary/aromatic N) is 1. The summed E-state index contributed by atoms with van der Waals surface area (Å²) >= 11 is 0. The topological polar surface area (TPSA) is 38.8 Å². The minimum Gasteiger partial charge on any atom is -0.468 e. The highest BCUT2D eigenvalue weighted by atomic mass is 16.5. The highest BCUT2D eigenvalue weighted by Gasteiger charge is 2.34. The van der Waals surface area contributed by atoms with Gasteiger partial charge >= 0.3 is 5.97 Å². The van der Waals surface area contributed by atoms with E-state index in [1.54, 1.807) is 0 Å².